The molecule has 1 saturated heterocycles. The van der Waals surface area contributed by atoms with E-state index in [0.29, 0.717) is 0 Å². The lowest BCUT2D eigenvalue weighted by Crippen LogP contribution is -2.59. The molecule has 0 aromatic carbocycles. The minimum Gasteiger partial charge on any atom is -0.463 e. The van der Waals surface area contributed by atoms with Crippen molar-refractivity contribution in [3.8, 4) is 0 Å². The second-order valence-corrected chi connectivity index (χ2v) is 4.96. The molecule has 21 heavy (non-hydrogen) atoms. The molecule has 0 aliphatic carbocycles. The Morgan fingerprint density at radius 1 is 1.05 bits per heavy atom. The van der Waals surface area contributed by atoms with Crippen LogP contribution in [0.4, 0.5) is 0 Å². The van der Waals surface area contributed by atoms with Crippen LogP contribution in [0.25, 0.3) is 0 Å². The molecule has 1 N–H and O–H groups in total. The molecule has 120 valence electrons. The van der Waals surface area contributed by atoms with Gasteiger partial charge in [-0.2, -0.15) is 0 Å². The third-order valence-corrected chi connectivity index (χ3v) is 3.14. The number of alkyl halides is 1. The molecule has 1 aliphatic heterocycles. The minimum absolute atomic E-state index is 0.264. The predicted octanol–water partition coefficient (Wildman–Crippen LogP) is -0.263. The highest BCUT2D eigenvalue weighted by atomic mass is 35.5. The van der Waals surface area contributed by atoms with Crippen molar-refractivity contribution in [1.29, 1.82) is 0 Å². The molecule has 0 radical (unpaired) electrons. The average Bonchev–Trinajstić information content (AvgIpc) is 2.35. The zero-order valence-corrected chi connectivity index (χ0v) is 12.5. The molecular weight excluding hydrogens is 308 g/mol. The zero-order valence-electron chi connectivity index (χ0n) is 11.8. The first kappa shape index (κ1) is 17.7. The molecule has 8 nitrogen and oxygen atoms in total. The number of carbonyl (C=O) groups is 3. The maximum absolute atomic E-state index is 11.1. The number of aliphatic hydroxyl groups excluding tert-OH is 1. The lowest BCUT2D eigenvalue weighted by molar-refractivity contribution is -0.260. The second-order valence-electron chi connectivity index (χ2n) is 4.46. The van der Waals surface area contributed by atoms with Gasteiger partial charge < -0.3 is 24.1 Å². The van der Waals surface area contributed by atoms with Crippen molar-refractivity contribution in [2.45, 2.75) is 50.8 Å². The Labute approximate surface area is 126 Å². The summed E-state index contributed by atoms with van der Waals surface area (Å²) >= 11 is 6.11. The average molecular weight is 325 g/mol. The number of hydrogen-bond donors (Lipinski definition) is 1. The molecule has 1 fully saturated rings. The number of rotatable bonds is 4. The third kappa shape index (κ3) is 5.14. The molecule has 0 saturated carbocycles. The fraction of sp³-hybridized carbons (Fsp3) is 0.750. The van der Waals surface area contributed by atoms with Crippen LogP contribution in [-0.4, -0.2) is 59.6 Å². The lowest BCUT2D eigenvalue weighted by Gasteiger charge is -2.40. The first-order valence-electron chi connectivity index (χ1n) is 6.17. The quantitative estimate of drug-likeness (QED) is 0.428. The molecule has 0 spiro atoms. The van der Waals surface area contributed by atoms with E-state index in [1.165, 1.54) is 13.8 Å². The normalized spacial score (nSPS) is 32.1. The van der Waals surface area contributed by atoms with Crippen LogP contribution in [0.1, 0.15) is 20.8 Å². The Morgan fingerprint density at radius 3 is 2.05 bits per heavy atom. The van der Waals surface area contributed by atoms with Crippen LogP contribution in [0.2, 0.25) is 0 Å². The van der Waals surface area contributed by atoms with E-state index in [1.807, 2.05) is 0 Å². The van der Waals surface area contributed by atoms with Crippen LogP contribution in [0, 0.1) is 0 Å². The van der Waals surface area contributed by atoms with Crippen LogP contribution >= 0.6 is 11.6 Å². The summed E-state index contributed by atoms with van der Waals surface area (Å²) in [5, 5.41) is 8.76. The fourth-order valence-corrected chi connectivity index (χ4v) is 2.25. The van der Waals surface area contributed by atoms with Gasteiger partial charge in [0.1, 0.15) is 18.1 Å². The summed E-state index contributed by atoms with van der Waals surface area (Å²) in [7, 11) is 0. The number of halogens is 1. The van der Waals surface area contributed by atoms with Gasteiger partial charge in [-0.05, 0) is 0 Å². The van der Waals surface area contributed by atoms with E-state index in [-0.39, 0.29) is 6.61 Å². The molecule has 1 rings (SSSR count). The monoisotopic (exact) mass is 324 g/mol. The predicted molar refractivity (Wildman–Crippen MR) is 68.3 cm³/mol. The highest BCUT2D eigenvalue weighted by Crippen LogP contribution is 2.29. The Kier molecular flexibility index (Phi) is 6.38. The van der Waals surface area contributed by atoms with Gasteiger partial charge in [-0.15, -0.1) is 11.6 Å². The van der Waals surface area contributed by atoms with Crippen LogP contribution in [-0.2, 0) is 33.3 Å². The Bertz CT molecular complexity index is 410. The Balaban J connectivity index is 2.86. The van der Waals surface area contributed by atoms with Gasteiger partial charge in [0, 0.05) is 20.8 Å². The van der Waals surface area contributed by atoms with Crippen molar-refractivity contribution in [3.05, 3.63) is 0 Å². The Morgan fingerprint density at radius 2 is 1.57 bits per heavy atom. The van der Waals surface area contributed by atoms with Crippen LogP contribution in [0.15, 0.2) is 0 Å². The minimum atomic E-state index is -1.52. The zero-order chi connectivity index (χ0) is 16.2. The van der Waals surface area contributed by atoms with E-state index in [1.54, 1.807) is 0 Å². The van der Waals surface area contributed by atoms with Crippen molar-refractivity contribution in [1.82, 2.24) is 0 Å². The highest BCUT2D eigenvalue weighted by Gasteiger charge is 2.48. The van der Waals surface area contributed by atoms with Gasteiger partial charge in [0.2, 0.25) is 0 Å². The van der Waals surface area contributed by atoms with Crippen molar-refractivity contribution >= 4 is 29.5 Å². The topological polar surface area (TPSA) is 108 Å². The summed E-state index contributed by atoms with van der Waals surface area (Å²) in [5.41, 5.74) is 0. The molecule has 5 atom stereocenters. The smallest absolute Gasteiger partial charge is 0.303 e. The largest absolute Gasteiger partial charge is 0.463 e. The van der Waals surface area contributed by atoms with E-state index in [4.69, 9.17) is 30.5 Å². The standard InChI is InChI=1S/C12H17ClO8/c1-5(14)18-4-8-10(19-6(2)15)9(13)11(12(17)21-8)20-7(3)16/h8-12,17H,4H2,1-3H3/t8?,9?,10-,11?,12-/m1/s1. The van der Waals surface area contributed by atoms with Gasteiger partial charge >= 0.3 is 17.9 Å². The first-order valence-corrected chi connectivity index (χ1v) is 6.61. The molecular formula is C12H17ClO8. The van der Waals surface area contributed by atoms with Crippen molar-refractivity contribution in [2.24, 2.45) is 0 Å². The number of carbonyl (C=O) groups excluding carboxylic acids is 3. The molecule has 1 heterocycles. The van der Waals surface area contributed by atoms with Crippen LogP contribution in [0.5, 0.6) is 0 Å². The second kappa shape index (κ2) is 7.58. The van der Waals surface area contributed by atoms with Crippen molar-refractivity contribution in [3.63, 3.8) is 0 Å². The highest BCUT2D eigenvalue weighted by molar-refractivity contribution is 6.21. The van der Waals surface area contributed by atoms with Gasteiger partial charge in [0.25, 0.3) is 0 Å². The molecule has 3 unspecified atom stereocenters. The molecule has 1 aliphatic rings. The third-order valence-electron chi connectivity index (χ3n) is 2.64. The summed E-state index contributed by atoms with van der Waals surface area (Å²) in [5.74, 6) is -1.88. The summed E-state index contributed by atoms with van der Waals surface area (Å²) in [6.07, 6.45) is -4.75. The number of hydrogen-bond acceptors (Lipinski definition) is 8. The number of aliphatic hydroxyl groups is 1. The van der Waals surface area contributed by atoms with Crippen molar-refractivity contribution in [2.75, 3.05) is 6.61 Å². The molecule has 9 heteroatoms. The molecule has 0 bridgehead atoms. The van der Waals surface area contributed by atoms with E-state index in [2.05, 4.69) is 0 Å². The van der Waals surface area contributed by atoms with Gasteiger partial charge in [-0.1, -0.05) is 0 Å². The number of esters is 3. The van der Waals surface area contributed by atoms with Crippen molar-refractivity contribution < 1.29 is 38.4 Å². The summed E-state index contributed by atoms with van der Waals surface area (Å²) in [6, 6.07) is 0. The van der Waals surface area contributed by atoms with Gasteiger partial charge in [-0.25, -0.2) is 0 Å². The summed E-state index contributed by atoms with van der Waals surface area (Å²) in [4.78, 5) is 33.0. The fourth-order valence-electron chi connectivity index (χ4n) is 1.86. The lowest BCUT2D eigenvalue weighted by atomic mass is 10.0. The van der Waals surface area contributed by atoms with E-state index >= 15 is 0 Å². The van der Waals surface area contributed by atoms with Gasteiger partial charge in [0.05, 0.1) is 0 Å². The van der Waals surface area contributed by atoms with E-state index in [0.717, 1.165) is 6.92 Å². The maximum Gasteiger partial charge on any atom is 0.303 e. The van der Waals surface area contributed by atoms with E-state index < -0.39 is 47.9 Å². The summed E-state index contributed by atoms with van der Waals surface area (Å²) < 4.78 is 19.8. The summed E-state index contributed by atoms with van der Waals surface area (Å²) in [6.45, 7) is 3.24. The van der Waals surface area contributed by atoms with Gasteiger partial charge in [0.15, 0.2) is 18.5 Å². The number of ether oxygens (including phenoxy) is 4. The molecule has 0 aromatic heterocycles. The van der Waals surface area contributed by atoms with Crippen LogP contribution < -0.4 is 0 Å². The molecule has 0 aromatic rings. The van der Waals surface area contributed by atoms with Gasteiger partial charge in [-0.3, -0.25) is 14.4 Å². The Hall–Kier alpha value is -1.38. The van der Waals surface area contributed by atoms with E-state index in [9.17, 15) is 19.5 Å². The first-order chi connectivity index (χ1) is 9.72. The SMILES string of the molecule is CC(=O)OCC1O[C@@H](O)C(OC(C)=O)C(Cl)[C@@H]1OC(C)=O. The van der Waals surface area contributed by atoms with Crippen LogP contribution in [0.3, 0.4) is 0 Å². The maximum atomic E-state index is 11.1. The molecule has 0 amide bonds.